The molecule has 0 atom stereocenters. The number of fused-ring (bicyclic) bond motifs is 1. The molecule has 1 aliphatic rings. The van der Waals surface area contributed by atoms with Gasteiger partial charge in [0.05, 0.1) is 12.2 Å². The molecule has 0 spiro atoms. The fraction of sp³-hybridized carbons (Fsp3) is 0.211. The zero-order chi connectivity index (χ0) is 23.3. The number of benzene rings is 2. The van der Waals surface area contributed by atoms with Crippen molar-refractivity contribution in [3.05, 3.63) is 64.2 Å². The van der Waals surface area contributed by atoms with Crippen LogP contribution in [-0.4, -0.2) is 48.7 Å². The van der Waals surface area contributed by atoms with Crippen LogP contribution >= 0.6 is 0 Å². The first-order chi connectivity index (χ1) is 15.2. The van der Waals surface area contributed by atoms with Gasteiger partial charge in [0.15, 0.2) is 0 Å². The lowest BCUT2D eigenvalue weighted by atomic mass is 10.2. The van der Waals surface area contributed by atoms with E-state index in [-0.39, 0.29) is 41.3 Å². The minimum Gasteiger partial charge on any atom is -0.427 e. The number of nitrogens with zero attached hydrogens (tertiary/aromatic N) is 2. The Kier molecular flexibility index (Phi) is 6.68. The molecule has 2 aromatic rings. The van der Waals surface area contributed by atoms with Gasteiger partial charge in [-0.3, -0.25) is 14.4 Å². The zero-order valence-electron chi connectivity index (χ0n) is 16.4. The maximum atomic E-state index is 12.5. The Morgan fingerprint density at radius 2 is 1.78 bits per heavy atom. The third-order valence-corrected chi connectivity index (χ3v) is 6.08. The third-order valence-electron chi connectivity index (χ3n) is 4.29. The average Bonchev–Trinajstić information content (AvgIpc) is 2.93. The predicted octanol–water partition coefficient (Wildman–Crippen LogP) is 1.36. The molecule has 0 unspecified atom stereocenters. The summed E-state index contributed by atoms with van der Waals surface area (Å²) in [7, 11) is -4.10. The highest BCUT2D eigenvalue weighted by Crippen LogP contribution is 2.29. The van der Waals surface area contributed by atoms with Gasteiger partial charge in [-0.25, -0.2) is 12.7 Å². The molecule has 0 aliphatic carbocycles. The van der Waals surface area contributed by atoms with Crippen molar-refractivity contribution in [1.82, 2.24) is 4.31 Å². The maximum absolute atomic E-state index is 12.5. The van der Waals surface area contributed by atoms with E-state index in [0.29, 0.717) is 4.31 Å². The molecule has 0 aromatic heterocycles. The minimum atomic E-state index is -4.10. The van der Waals surface area contributed by atoms with Crippen molar-refractivity contribution in [3.8, 4) is 5.75 Å². The number of rotatable bonds is 9. The molecule has 1 N–H and O–H groups in total. The molecule has 3 rings (SSSR count). The number of nitrogens with one attached hydrogen (secondary N) is 1. The monoisotopic (exact) mass is 463 g/mol. The van der Waals surface area contributed by atoms with Gasteiger partial charge in [0.1, 0.15) is 17.2 Å². The summed E-state index contributed by atoms with van der Waals surface area (Å²) in [5.41, 5.74) is 0.298. The fourth-order valence-electron chi connectivity index (χ4n) is 2.86. The van der Waals surface area contributed by atoms with Gasteiger partial charge in [0.2, 0.25) is 5.91 Å². The minimum absolute atomic E-state index is 0.0106. The molecule has 0 radical (unpaired) electrons. The number of sulfonamides is 1. The van der Waals surface area contributed by atoms with E-state index >= 15 is 0 Å². The predicted molar refractivity (Wildman–Crippen MR) is 108 cm³/mol. The Bertz CT molecular complexity index is 1160. The highest BCUT2D eigenvalue weighted by atomic mass is 32.2. The van der Waals surface area contributed by atoms with Crippen molar-refractivity contribution >= 4 is 33.5 Å². The number of carbonyl (C=O) groups is 3. The van der Waals surface area contributed by atoms with Gasteiger partial charge >= 0.3 is 5.97 Å². The summed E-state index contributed by atoms with van der Waals surface area (Å²) in [6, 6.07) is 11.3. The van der Waals surface area contributed by atoms with Gasteiger partial charge in [-0.2, -0.15) is 0 Å². The van der Waals surface area contributed by atoms with Gasteiger partial charge in [0, 0.05) is 12.1 Å². The number of hydrogen-bond donors (Lipinski definition) is 1. The average molecular weight is 463 g/mol. The van der Waals surface area contributed by atoms with Crippen molar-refractivity contribution < 1.29 is 37.5 Å². The summed E-state index contributed by atoms with van der Waals surface area (Å²) >= 11 is 0. The molecule has 0 saturated carbocycles. The standard InChI is InChI=1S/C19H17N3O9S/c23-17(12-21-19(25)15-4-1-2-5-16(15)32(21,28)29)20-13-7-9-14(10-8-13)31-18(24)6-3-11-30-22(26)27/h1-2,4-5,7-10H,3,6,11-12H2,(H,20,23). The summed E-state index contributed by atoms with van der Waals surface area (Å²) in [5.74, 6) is -1.95. The molecule has 168 valence electrons. The van der Waals surface area contributed by atoms with Crippen molar-refractivity contribution in [1.29, 1.82) is 0 Å². The molecule has 2 amide bonds. The van der Waals surface area contributed by atoms with Crippen LogP contribution in [0.4, 0.5) is 5.69 Å². The van der Waals surface area contributed by atoms with Crippen molar-refractivity contribution in [2.75, 3.05) is 18.5 Å². The summed E-state index contributed by atoms with van der Waals surface area (Å²) in [5, 5.41) is 11.5. The quantitative estimate of drug-likeness (QED) is 0.190. The Labute approximate surface area is 181 Å². The molecule has 0 bridgehead atoms. The van der Waals surface area contributed by atoms with E-state index in [2.05, 4.69) is 10.2 Å². The van der Waals surface area contributed by atoms with Crippen LogP contribution in [0.2, 0.25) is 0 Å². The summed E-state index contributed by atoms with van der Waals surface area (Å²) in [6.45, 7) is -0.924. The normalized spacial score (nSPS) is 13.9. The van der Waals surface area contributed by atoms with E-state index in [4.69, 9.17) is 4.74 Å². The van der Waals surface area contributed by atoms with E-state index in [1.54, 1.807) is 0 Å². The largest absolute Gasteiger partial charge is 0.427 e. The lowest BCUT2D eigenvalue weighted by molar-refractivity contribution is -0.757. The second-order valence-electron chi connectivity index (χ2n) is 6.52. The van der Waals surface area contributed by atoms with Crippen LogP contribution < -0.4 is 10.1 Å². The van der Waals surface area contributed by atoms with Crippen molar-refractivity contribution in [2.45, 2.75) is 17.7 Å². The lowest BCUT2D eigenvalue weighted by Crippen LogP contribution is -2.37. The van der Waals surface area contributed by atoms with Gasteiger partial charge in [-0.05, 0) is 42.8 Å². The summed E-state index contributed by atoms with van der Waals surface area (Å²) < 4.78 is 30.5. The highest BCUT2D eigenvalue weighted by Gasteiger charge is 2.41. The lowest BCUT2D eigenvalue weighted by Gasteiger charge is -2.15. The fourth-order valence-corrected chi connectivity index (χ4v) is 4.39. The second-order valence-corrected chi connectivity index (χ2v) is 8.35. The Hall–Kier alpha value is -4.00. The van der Waals surface area contributed by atoms with E-state index in [9.17, 15) is 32.9 Å². The van der Waals surface area contributed by atoms with Crippen molar-refractivity contribution in [2.24, 2.45) is 0 Å². The van der Waals surface area contributed by atoms with Crippen LogP contribution in [-0.2, 0) is 24.4 Å². The first kappa shape index (κ1) is 22.7. The molecule has 1 aliphatic heterocycles. The highest BCUT2D eigenvalue weighted by molar-refractivity contribution is 7.90. The van der Waals surface area contributed by atoms with Crippen LogP contribution in [0.1, 0.15) is 23.2 Å². The topological polar surface area (TPSA) is 162 Å². The van der Waals surface area contributed by atoms with Gasteiger partial charge in [0.25, 0.3) is 21.0 Å². The van der Waals surface area contributed by atoms with Gasteiger partial charge < -0.3 is 14.9 Å². The van der Waals surface area contributed by atoms with Crippen LogP contribution in [0, 0.1) is 10.1 Å². The molecule has 0 saturated heterocycles. The number of hydrogen-bond acceptors (Lipinski definition) is 9. The van der Waals surface area contributed by atoms with Crippen LogP contribution in [0.5, 0.6) is 5.75 Å². The van der Waals surface area contributed by atoms with E-state index in [1.807, 2.05) is 0 Å². The maximum Gasteiger partial charge on any atom is 0.311 e. The molecule has 12 nitrogen and oxygen atoms in total. The summed E-state index contributed by atoms with van der Waals surface area (Å²) in [4.78, 5) is 50.3. The third kappa shape index (κ3) is 5.18. The van der Waals surface area contributed by atoms with Gasteiger partial charge in [-0.1, -0.05) is 12.1 Å². The Balaban J connectivity index is 1.53. The summed E-state index contributed by atoms with van der Waals surface area (Å²) in [6.07, 6.45) is 0.0169. The molecule has 32 heavy (non-hydrogen) atoms. The van der Waals surface area contributed by atoms with Crippen LogP contribution in [0.25, 0.3) is 0 Å². The Morgan fingerprint density at radius 3 is 2.44 bits per heavy atom. The number of ether oxygens (including phenoxy) is 1. The Morgan fingerprint density at radius 1 is 1.09 bits per heavy atom. The van der Waals surface area contributed by atoms with Gasteiger partial charge in [-0.15, -0.1) is 10.1 Å². The molecular weight excluding hydrogens is 446 g/mol. The smallest absolute Gasteiger partial charge is 0.311 e. The van der Waals surface area contributed by atoms with Crippen LogP contribution in [0.3, 0.4) is 0 Å². The van der Waals surface area contributed by atoms with E-state index in [1.165, 1.54) is 48.5 Å². The first-order valence-electron chi connectivity index (χ1n) is 9.22. The van der Waals surface area contributed by atoms with E-state index < -0.39 is 39.4 Å². The molecule has 13 heteroatoms. The molecule has 2 aromatic carbocycles. The SMILES string of the molecule is O=C(CN1C(=O)c2ccccc2S1(=O)=O)Nc1ccc(OC(=O)CCCO[N+](=O)[O-])cc1. The van der Waals surface area contributed by atoms with Crippen LogP contribution in [0.15, 0.2) is 53.4 Å². The zero-order valence-corrected chi connectivity index (χ0v) is 17.2. The number of amides is 2. The number of anilines is 1. The molecule has 1 heterocycles. The molecular formula is C19H17N3O9S. The first-order valence-corrected chi connectivity index (χ1v) is 10.7. The molecule has 0 fully saturated rings. The van der Waals surface area contributed by atoms with Crippen molar-refractivity contribution in [3.63, 3.8) is 0 Å². The number of esters is 1. The number of carbonyl (C=O) groups excluding carboxylic acids is 3. The van der Waals surface area contributed by atoms with E-state index in [0.717, 1.165) is 0 Å². The second kappa shape index (κ2) is 9.43.